The minimum atomic E-state index is -0.0341. The summed E-state index contributed by atoms with van der Waals surface area (Å²) in [5, 5.41) is 3.15. The molecular weight excluding hydrogens is 372 g/mol. The van der Waals surface area contributed by atoms with Gasteiger partial charge < -0.3 is 0 Å². The van der Waals surface area contributed by atoms with Crippen LogP contribution in [0, 0.1) is 13.8 Å². The molecule has 5 heteroatoms. The van der Waals surface area contributed by atoms with Crippen LogP contribution < -0.4 is 0 Å². The molecule has 0 aliphatic rings. The van der Waals surface area contributed by atoms with E-state index < -0.39 is 0 Å². The highest BCUT2D eigenvalue weighted by Gasteiger charge is 2.20. The number of aromatic nitrogens is 2. The van der Waals surface area contributed by atoms with Crippen molar-refractivity contribution in [3.8, 4) is 0 Å². The van der Waals surface area contributed by atoms with Crippen molar-refractivity contribution in [3.63, 3.8) is 0 Å². The average Bonchev–Trinajstić information content (AvgIpc) is 3.08. The molecule has 23 heavy (non-hydrogen) atoms. The largest absolute Gasteiger partial charge is 0.289 e. The first kappa shape index (κ1) is 14.6. The standard InChI is InChI=1S/C18H13BrN2OS/c1-10-7-11(2)20-17-14(10)15(19)16(23-17)18(22)21-8-12-5-3-4-6-13(12)9-21/h3-9H,1-2H3. The van der Waals surface area contributed by atoms with Crippen molar-refractivity contribution < 1.29 is 4.79 Å². The van der Waals surface area contributed by atoms with E-state index in [1.807, 2.05) is 56.6 Å². The first-order chi connectivity index (χ1) is 11.0. The minimum Gasteiger partial charge on any atom is -0.289 e. The van der Waals surface area contributed by atoms with Crippen molar-refractivity contribution in [3.05, 3.63) is 63.3 Å². The Hall–Kier alpha value is -1.98. The molecule has 114 valence electrons. The van der Waals surface area contributed by atoms with Crippen LogP contribution in [0.25, 0.3) is 21.0 Å². The normalized spacial score (nSPS) is 11.4. The third kappa shape index (κ3) is 2.31. The molecule has 0 aliphatic carbocycles. The lowest BCUT2D eigenvalue weighted by Crippen LogP contribution is -2.08. The van der Waals surface area contributed by atoms with Gasteiger partial charge in [-0.1, -0.05) is 24.3 Å². The number of benzene rings is 1. The molecule has 0 aliphatic heterocycles. The third-order valence-corrected chi connectivity index (χ3v) is 6.04. The Balaban J connectivity index is 1.89. The lowest BCUT2D eigenvalue weighted by molar-refractivity contribution is 0.0964. The maximum absolute atomic E-state index is 12.9. The number of carbonyl (C=O) groups excluding carboxylic acids is 1. The molecule has 0 saturated heterocycles. The monoisotopic (exact) mass is 384 g/mol. The van der Waals surface area contributed by atoms with E-state index in [1.165, 1.54) is 11.3 Å². The summed E-state index contributed by atoms with van der Waals surface area (Å²) in [4.78, 5) is 19.1. The molecule has 1 aromatic carbocycles. The van der Waals surface area contributed by atoms with E-state index in [4.69, 9.17) is 0 Å². The van der Waals surface area contributed by atoms with Crippen molar-refractivity contribution in [2.75, 3.05) is 0 Å². The first-order valence-corrected chi connectivity index (χ1v) is 8.83. The Labute approximate surface area is 145 Å². The van der Waals surface area contributed by atoms with E-state index in [9.17, 15) is 4.79 Å². The highest BCUT2D eigenvalue weighted by molar-refractivity contribution is 9.10. The molecule has 4 aromatic rings. The molecular formula is C18H13BrN2OS. The second-order valence-corrected chi connectivity index (χ2v) is 7.40. The topological polar surface area (TPSA) is 34.9 Å². The Bertz CT molecular complexity index is 1040. The smallest absolute Gasteiger partial charge is 0.273 e. The Morgan fingerprint density at radius 1 is 1.17 bits per heavy atom. The molecule has 0 fully saturated rings. The van der Waals surface area contributed by atoms with Crippen molar-refractivity contribution in [1.82, 2.24) is 9.55 Å². The van der Waals surface area contributed by atoms with E-state index in [-0.39, 0.29) is 5.91 Å². The number of pyridine rings is 1. The number of nitrogens with zero attached hydrogens (tertiary/aromatic N) is 2. The summed E-state index contributed by atoms with van der Waals surface area (Å²) in [5.74, 6) is -0.0341. The maximum Gasteiger partial charge on any atom is 0.273 e. The molecule has 0 atom stereocenters. The van der Waals surface area contributed by atoms with Crippen molar-refractivity contribution in [2.45, 2.75) is 13.8 Å². The van der Waals surface area contributed by atoms with Crippen LogP contribution in [-0.4, -0.2) is 15.5 Å². The summed E-state index contributed by atoms with van der Waals surface area (Å²) in [5.41, 5.74) is 2.10. The molecule has 0 bridgehead atoms. The zero-order valence-electron chi connectivity index (χ0n) is 12.6. The van der Waals surface area contributed by atoms with Gasteiger partial charge in [0.2, 0.25) is 0 Å². The predicted molar refractivity (Wildman–Crippen MR) is 98.5 cm³/mol. The Kier molecular flexibility index (Phi) is 3.36. The molecule has 4 rings (SSSR count). The Morgan fingerprint density at radius 3 is 2.48 bits per heavy atom. The zero-order chi connectivity index (χ0) is 16.1. The molecule has 0 spiro atoms. The number of aryl methyl sites for hydroxylation is 2. The van der Waals surface area contributed by atoms with Gasteiger partial charge >= 0.3 is 0 Å². The zero-order valence-corrected chi connectivity index (χ0v) is 15.0. The van der Waals surface area contributed by atoms with E-state index in [0.717, 1.165) is 36.7 Å². The van der Waals surface area contributed by atoms with Crippen LogP contribution in [-0.2, 0) is 0 Å². The maximum atomic E-state index is 12.9. The lowest BCUT2D eigenvalue weighted by Gasteiger charge is -2.00. The quantitative estimate of drug-likeness (QED) is 0.445. The number of fused-ring (bicyclic) bond motifs is 2. The van der Waals surface area contributed by atoms with E-state index in [0.29, 0.717) is 4.88 Å². The van der Waals surface area contributed by atoms with Crippen LogP contribution in [0.4, 0.5) is 0 Å². The summed E-state index contributed by atoms with van der Waals surface area (Å²) in [6, 6.07) is 10.0. The van der Waals surface area contributed by atoms with Crippen molar-refractivity contribution >= 4 is 54.2 Å². The van der Waals surface area contributed by atoms with Gasteiger partial charge in [0, 0.05) is 23.5 Å². The molecule has 0 radical (unpaired) electrons. The molecule has 3 aromatic heterocycles. The molecule has 0 N–H and O–H groups in total. The summed E-state index contributed by atoms with van der Waals surface area (Å²) in [6.45, 7) is 4.02. The number of rotatable bonds is 1. The number of hydrogen-bond donors (Lipinski definition) is 0. The second kappa shape index (κ2) is 5.28. The minimum absolute atomic E-state index is 0.0341. The average molecular weight is 385 g/mol. The summed E-state index contributed by atoms with van der Waals surface area (Å²) in [7, 11) is 0. The van der Waals surface area contributed by atoms with Gasteiger partial charge in [0.05, 0.1) is 4.47 Å². The van der Waals surface area contributed by atoms with Crippen LogP contribution >= 0.6 is 27.3 Å². The fraction of sp³-hybridized carbons (Fsp3) is 0.111. The van der Waals surface area contributed by atoms with Gasteiger partial charge in [-0.2, -0.15) is 0 Å². The van der Waals surface area contributed by atoms with Gasteiger partial charge in [0.15, 0.2) is 0 Å². The molecule has 0 saturated carbocycles. The highest BCUT2D eigenvalue weighted by Crippen LogP contribution is 2.37. The van der Waals surface area contributed by atoms with Crippen LogP contribution in [0.5, 0.6) is 0 Å². The SMILES string of the molecule is Cc1cc(C)c2c(Br)c(C(=O)n3cc4ccccc4c3)sc2n1. The third-order valence-electron chi connectivity index (χ3n) is 3.91. The van der Waals surface area contributed by atoms with E-state index in [2.05, 4.69) is 20.9 Å². The van der Waals surface area contributed by atoms with Crippen LogP contribution in [0.3, 0.4) is 0 Å². The van der Waals surface area contributed by atoms with Gasteiger partial charge in [0.1, 0.15) is 9.71 Å². The second-order valence-electron chi connectivity index (χ2n) is 5.61. The van der Waals surface area contributed by atoms with Gasteiger partial charge in [-0.05, 0) is 52.2 Å². The van der Waals surface area contributed by atoms with Crippen molar-refractivity contribution in [2.24, 2.45) is 0 Å². The van der Waals surface area contributed by atoms with Crippen LogP contribution in [0.1, 0.15) is 20.9 Å². The molecule has 0 unspecified atom stereocenters. The van der Waals surface area contributed by atoms with Gasteiger partial charge in [0.25, 0.3) is 5.91 Å². The number of hydrogen-bond acceptors (Lipinski definition) is 3. The fourth-order valence-electron chi connectivity index (χ4n) is 2.85. The van der Waals surface area contributed by atoms with Crippen LogP contribution in [0.15, 0.2) is 47.2 Å². The first-order valence-electron chi connectivity index (χ1n) is 7.22. The Morgan fingerprint density at radius 2 is 1.83 bits per heavy atom. The van der Waals surface area contributed by atoms with Gasteiger partial charge in [-0.15, -0.1) is 11.3 Å². The van der Waals surface area contributed by atoms with Crippen molar-refractivity contribution in [1.29, 1.82) is 0 Å². The summed E-state index contributed by atoms with van der Waals surface area (Å²) >= 11 is 5.04. The van der Waals surface area contributed by atoms with E-state index in [1.54, 1.807) is 4.57 Å². The van der Waals surface area contributed by atoms with E-state index >= 15 is 0 Å². The molecule has 3 heterocycles. The molecule has 3 nitrogen and oxygen atoms in total. The lowest BCUT2D eigenvalue weighted by atomic mass is 10.2. The molecule has 0 amide bonds. The number of halogens is 1. The number of carbonyl (C=O) groups is 1. The van der Waals surface area contributed by atoms with Crippen LogP contribution in [0.2, 0.25) is 0 Å². The predicted octanol–water partition coefficient (Wildman–Crippen LogP) is 5.32. The summed E-state index contributed by atoms with van der Waals surface area (Å²) < 4.78 is 2.49. The highest BCUT2D eigenvalue weighted by atomic mass is 79.9. The van der Waals surface area contributed by atoms with Gasteiger partial charge in [-0.3, -0.25) is 9.36 Å². The van der Waals surface area contributed by atoms with Gasteiger partial charge in [-0.25, -0.2) is 4.98 Å². The fourth-order valence-corrected chi connectivity index (χ4v) is 5.03. The number of thiophene rings is 1. The summed E-state index contributed by atoms with van der Waals surface area (Å²) in [6.07, 6.45) is 3.75.